The fraction of sp³-hybridized carbons (Fsp3) is 0.474. The molecule has 0 spiro atoms. The summed E-state index contributed by atoms with van der Waals surface area (Å²) in [5, 5.41) is 14.2. The van der Waals surface area contributed by atoms with Gasteiger partial charge in [0, 0.05) is 39.4 Å². The van der Waals surface area contributed by atoms with Crippen molar-refractivity contribution in [1.82, 2.24) is 19.7 Å². The molecule has 8 heteroatoms. The first-order valence-corrected chi connectivity index (χ1v) is 9.28. The molecule has 0 N–H and O–H groups in total. The number of carbonyl (C=O) groups is 1. The van der Waals surface area contributed by atoms with Crippen molar-refractivity contribution in [2.24, 2.45) is 7.05 Å². The van der Waals surface area contributed by atoms with Crippen molar-refractivity contribution in [3.63, 3.8) is 0 Å². The lowest BCUT2D eigenvalue weighted by Crippen LogP contribution is -2.46. The van der Waals surface area contributed by atoms with Crippen molar-refractivity contribution in [3.8, 4) is 6.07 Å². The highest BCUT2D eigenvalue weighted by Gasteiger charge is 2.28. The van der Waals surface area contributed by atoms with Crippen LogP contribution in [0.2, 0.25) is 5.02 Å². The van der Waals surface area contributed by atoms with E-state index in [1.807, 2.05) is 20.9 Å². The smallest absolute Gasteiger partial charge is 0.257 e. The van der Waals surface area contributed by atoms with Gasteiger partial charge in [0.1, 0.15) is 11.9 Å². The third-order valence-corrected chi connectivity index (χ3v) is 5.77. The van der Waals surface area contributed by atoms with Gasteiger partial charge in [-0.05, 0) is 32.3 Å². The Hall–Kier alpha value is -2.59. The van der Waals surface area contributed by atoms with E-state index in [-0.39, 0.29) is 11.9 Å². The first kappa shape index (κ1) is 19.2. The highest BCUT2D eigenvalue weighted by molar-refractivity contribution is 6.32. The SMILES string of the molecule is Cc1nc(N2CCC(N(C)C(=O)c3cnn(C)c3)CC2)c(C#N)c(C)c1Cl. The summed E-state index contributed by atoms with van der Waals surface area (Å²) in [6.45, 7) is 5.17. The van der Waals surface area contributed by atoms with Gasteiger partial charge in [-0.15, -0.1) is 0 Å². The molecule has 0 radical (unpaired) electrons. The Morgan fingerprint density at radius 3 is 2.59 bits per heavy atom. The summed E-state index contributed by atoms with van der Waals surface area (Å²) in [6, 6.07) is 2.39. The van der Waals surface area contributed by atoms with Crippen molar-refractivity contribution in [2.45, 2.75) is 32.7 Å². The number of hydrogen-bond acceptors (Lipinski definition) is 5. The molecular weight excluding hydrogens is 364 g/mol. The Labute approximate surface area is 164 Å². The molecule has 1 aliphatic rings. The lowest BCUT2D eigenvalue weighted by atomic mass is 10.0. The second-order valence-corrected chi connectivity index (χ2v) is 7.36. The number of aryl methyl sites for hydroxylation is 2. The number of nitriles is 1. The van der Waals surface area contributed by atoms with Crippen LogP contribution in [0.4, 0.5) is 5.82 Å². The van der Waals surface area contributed by atoms with Gasteiger partial charge in [-0.3, -0.25) is 9.48 Å². The third-order valence-electron chi connectivity index (χ3n) is 5.21. The van der Waals surface area contributed by atoms with Crippen LogP contribution in [0.25, 0.3) is 0 Å². The molecule has 27 heavy (non-hydrogen) atoms. The maximum Gasteiger partial charge on any atom is 0.257 e. The van der Waals surface area contributed by atoms with Gasteiger partial charge in [0.25, 0.3) is 5.91 Å². The van der Waals surface area contributed by atoms with Crippen molar-refractivity contribution in [1.29, 1.82) is 5.26 Å². The monoisotopic (exact) mass is 386 g/mol. The molecule has 0 atom stereocenters. The predicted molar refractivity (Wildman–Crippen MR) is 104 cm³/mol. The fourth-order valence-corrected chi connectivity index (χ4v) is 3.68. The van der Waals surface area contributed by atoms with Crippen molar-refractivity contribution >= 4 is 23.3 Å². The molecule has 1 saturated heterocycles. The zero-order valence-corrected chi connectivity index (χ0v) is 16.8. The van der Waals surface area contributed by atoms with Gasteiger partial charge in [0.15, 0.2) is 0 Å². The molecule has 1 amide bonds. The van der Waals surface area contributed by atoms with E-state index >= 15 is 0 Å². The van der Waals surface area contributed by atoms with Crippen LogP contribution < -0.4 is 4.90 Å². The Morgan fingerprint density at radius 2 is 2.04 bits per heavy atom. The molecule has 142 valence electrons. The minimum atomic E-state index is -0.0180. The molecular formula is C19H23ClN6O. The molecule has 1 fully saturated rings. The molecule has 7 nitrogen and oxygen atoms in total. The van der Waals surface area contributed by atoms with Gasteiger partial charge in [-0.1, -0.05) is 11.6 Å². The zero-order valence-electron chi connectivity index (χ0n) is 16.0. The lowest BCUT2D eigenvalue weighted by Gasteiger charge is -2.37. The van der Waals surface area contributed by atoms with Crippen molar-refractivity contribution < 1.29 is 4.79 Å². The molecule has 0 unspecified atom stereocenters. The van der Waals surface area contributed by atoms with Crippen LogP contribution in [0.3, 0.4) is 0 Å². The predicted octanol–water partition coefficient (Wildman–Crippen LogP) is 2.70. The van der Waals surface area contributed by atoms with E-state index in [1.165, 1.54) is 0 Å². The number of halogens is 1. The van der Waals surface area contributed by atoms with Crippen LogP contribution in [0, 0.1) is 25.2 Å². The summed E-state index contributed by atoms with van der Waals surface area (Å²) in [6.07, 6.45) is 4.96. The number of amides is 1. The Kier molecular flexibility index (Phi) is 5.38. The van der Waals surface area contributed by atoms with E-state index in [0.29, 0.717) is 22.0 Å². The summed E-state index contributed by atoms with van der Waals surface area (Å²) in [4.78, 5) is 21.1. The molecule has 3 heterocycles. The second-order valence-electron chi connectivity index (χ2n) is 6.98. The summed E-state index contributed by atoms with van der Waals surface area (Å²) in [7, 11) is 3.64. The van der Waals surface area contributed by atoms with Crippen LogP contribution in [-0.2, 0) is 7.05 Å². The summed E-state index contributed by atoms with van der Waals surface area (Å²) in [5.74, 6) is 0.673. The number of anilines is 1. The molecule has 0 saturated carbocycles. The van der Waals surface area contributed by atoms with Crippen LogP contribution in [0.5, 0.6) is 0 Å². The first-order chi connectivity index (χ1) is 12.8. The van der Waals surface area contributed by atoms with E-state index in [4.69, 9.17) is 11.6 Å². The highest BCUT2D eigenvalue weighted by Crippen LogP contribution is 2.31. The fourth-order valence-electron chi connectivity index (χ4n) is 3.54. The molecule has 2 aromatic heterocycles. The number of carbonyl (C=O) groups excluding carboxylic acids is 1. The summed E-state index contributed by atoms with van der Waals surface area (Å²) in [5.41, 5.74) is 2.63. The zero-order chi connectivity index (χ0) is 19.7. The minimum absolute atomic E-state index is 0.0180. The van der Waals surface area contributed by atoms with Crippen LogP contribution in [-0.4, -0.2) is 51.8 Å². The minimum Gasteiger partial charge on any atom is -0.355 e. The highest BCUT2D eigenvalue weighted by atomic mass is 35.5. The number of hydrogen-bond donors (Lipinski definition) is 0. The van der Waals surface area contributed by atoms with Crippen molar-refractivity contribution in [2.75, 3.05) is 25.0 Å². The van der Waals surface area contributed by atoms with E-state index < -0.39 is 0 Å². The number of nitrogens with zero attached hydrogens (tertiary/aromatic N) is 6. The van der Waals surface area contributed by atoms with Crippen LogP contribution >= 0.6 is 11.6 Å². The van der Waals surface area contributed by atoms with Crippen LogP contribution in [0.15, 0.2) is 12.4 Å². The molecule has 1 aliphatic heterocycles. The number of rotatable bonds is 3. The molecule has 0 bridgehead atoms. The average Bonchev–Trinajstić information content (AvgIpc) is 3.11. The quantitative estimate of drug-likeness (QED) is 0.810. The van der Waals surface area contributed by atoms with Gasteiger partial charge < -0.3 is 9.80 Å². The Balaban J connectivity index is 1.73. The normalized spacial score (nSPS) is 14.9. The number of pyridine rings is 1. The van der Waals surface area contributed by atoms with Gasteiger partial charge >= 0.3 is 0 Å². The molecule has 2 aromatic rings. The van der Waals surface area contributed by atoms with Gasteiger partial charge in [-0.2, -0.15) is 10.4 Å². The van der Waals surface area contributed by atoms with E-state index in [0.717, 1.165) is 37.2 Å². The first-order valence-electron chi connectivity index (χ1n) is 8.91. The second kappa shape index (κ2) is 7.57. The van der Waals surface area contributed by atoms with E-state index in [2.05, 4.69) is 21.1 Å². The third kappa shape index (κ3) is 3.62. The lowest BCUT2D eigenvalue weighted by molar-refractivity contribution is 0.0709. The maximum absolute atomic E-state index is 12.6. The maximum atomic E-state index is 12.6. The van der Waals surface area contributed by atoms with Crippen molar-refractivity contribution in [3.05, 3.63) is 39.8 Å². The van der Waals surface area contributed by atoms with Gasteiger partial charge in [0.05, 0.1) is 28.0 Å². The Morgan fingerprint density at radius 1 is 1.37 bits per heavy atom. The average molecular weight is 387 g/mol. The summed E-state index contributed by atoms with van der Waals surface area (Å²) < 4.78 is 1.63. The largest absolute Gasteiger partial charge is 0.355 e. The van der Waals surface area contributed by atoms with Crippen LogP contribution in [0.1, 0.15) is 40.0 Å². The molecule has 0 aromatic carbocycles. The van der Waals surface area contributed by atoms with Gasteiger partial charge in [-0.25, -0.2) is 4.98 Å². The molecule has 0 aliphatic carbocycles. The Bertz CT molecular complexity index is 908. The summed E-state index contributed by atoms with van der Waals surface area (Å²) >= 11 is 6.25. The van der Waals surface area contributed by atoms with Gasteiger partial charge in [0.2, 0.25) is 0 Å². The number of piperidine rings is 1. The topological polar surface area (TPSA) is 78.1 Å². The number of aromatic nitrogens is 3. The van der Waals surface area contributed by atoms with E-state index in [9.17, 15) is 10.1 Å². The van der Waals surface area contributed by atoms with E-state index in [1.54, 1.807) is 29.0 Å². The standard InChI is InChI=1S/C19H23ClN6O/c1-12-16(9-21)18(23-13(2)17(12)20)26-7-5-15(6-8-26)25(4)19(27)14-10-22-24(3)11-14/h10-11,15H,5-8H2,1-4H3. The molecule has 3 rings (SSSR count).